The summed E-state index contributed by atoms with van der Waals surface area (Å²) in [7, 11) is 0. The van der Waals surface area contributed by atoms with E-state index in [0.29, 0.717) is 23.7 Å². The standard InChI is InChI=1S/C32H35N3O4/c36-29-21-27(34(20-19-22-9-3-1-4-10-22)31(37)24-11-5-2-6-12-24)32(38)35(29)25-17-15-23(16-18-25)30-33-26-13-7-8-14-28(26)39-30/h7-9,13-18,24,27H,1-6,10-12,19-21H2. The van der Waals surface area contributed by atoms with E-state index in [9.17, 15) is 14.4 Å². The quantitative estimate of drug-likeness (QED) is 0.262. The van der Waals surface area contributed by atoms with Gasteiger partial charge in [0.1, 0.15) is 11.6 Å². The maximum atomic E-state index is 13.7. The molecule has 0 bridgehead atoms. The Labute approximate surface area is 228 Å². The lowest BCUT2D eigenvalue weighted by Gasteiger charge is -2.33. The van der Waals surface area contributed by atoms with Gasteiger partial charge in [-0.3, -0.25) is 14.4 Å². The number of amides is 3. The first-order valence-corrected chi connectivity index (χ1v) is 14.4. The summed E-state index contributed by atoms with van der Waals surface area (Å²) >= 11 is 0. The van der Waals surface area contributed by atoms with Crippen molar-refractivity contribution in [1.82, 2.24) is 9.88 Å². The fourth-order valence-electron chi connectivity index (χ4n) is 6.28. The Bertz CT molecular complexity index is 1370. The summed E-state index contributed by atoms with van der Waals surface area (Å²) in [4.78, 5) is 48.2. The average Bonchev–Trinajstić information content (AvgIpc) is 3.54. The van der Waals surface area contributed by atoms with Crippen molar-refractivity contribution in [3.63, 3.8) is 0 Å². The van der Waals surface area contributed by atoms with E-state index in [-0.39, 0.29) is 30.1 Å². The highest BCUT2D eigenvalue weighted by molar-refractivity contribution is 6.23. The van der Waals surface area contributed by atoms with Gasteiger partial charge in [0.25, 0.3) is 5.91 Å². The number of oxazole rings is 1. The second-order valence-electron chi connectivity index (χ2n) is 11.0. The molecule has 7 heteroatoms. The first-order valence-electron chi connectivity index (χ1n) is 14.4. The first kappa shape index (κ1) is 25.5. The Kier molecular flexibility index (Phi) is 7.31. The van der Waals surface area contributed by atoms with Crippen LogP contribution in [0.5, 0.6) is 0 Å². The van der Waals surface area contributed by atoms with E-state index in [4.69, 9.17) is 4.42 Å². The van der Waals surface area contributed by atoms with E-state index in [0.717, 1.165) is 62.4 Å². The molecule has 1 saturated heterocycles. The molecule has 0 spiro atoms. The number of anilines is 1. The third-order valence-corrected chi connectivity index (χ3v) is 8.46. The third kappa shape index (κ3) is 5.27. The predicted molar refractivity (Wildman–Crippen MR) is 150 cm³/mol. The van der Waals surface area contributed by atoms with Gasteiger partial charge < -0.3 is 9.32 Å². The molecule has 2 fully saturated rings. The lowest BCUT2D eigenvalue weighted by atomic mass is 9.87. The number of carbonyl (C=O) groups is 3. The normalized spacial score (nSPS) is 20.5. The van der Waals surface area contributed by atoms with Crippen LogP contribution in [-0.2, 0) is 14.4 Å². The van der Waals surface area contributed by atoms with Gasteiger partial charge in [0.2, 0.25) is 17.7 Å². The van der Waals surface area contributed by atoms with Crippen LogP contribution in [0.3, 0.4) is 0 Å². The van der Waals surface area contributed by atoms with Crippen LogP contribution in [-0.4, -0.2) is 40.2 Å². The highest BCUT2D eigenvalue weighted by Gasteiger charge is 2.45. The fourth-order valence-corrected chi connectivity index (χ4v) is 6.28. The summed E-state index contributed by atoms with van der Waals surface area (Å²) in [6.45, 7) is 0.495. The minimum atomic E-state index is -0.743. The topological polar surface area (TPSA) is 83.7 Å². The smallest absolute Gasteiger partial charge is 0.257 e. The first-order chi connectivity index (χ1) is 19.1. The molecule has 39 heavy (non-hydrogen) atoms. The Hall–Kier alpha value is -3.74. The van der Waals surface area contributed by atoms with Crippen LogP contribution >= 0.6 is 0 Å². The highest BCUT2D eigenvalue weighted by atomic mass is 16.3. The molecular weight excluding hydrogens is 490 g/mol. The van der Waals surface area contributed by atoms with Crippen LogP contribution in [0.15, 0.2) is 64.6 Å². The maximum absolute atomic E-state index is 13.7. The Balaban J connectivity index is 1.22. The molecule has 1 saturated carbocycles. The van der Waals surface area contributed by atoms with Gasteiger partial charge in [-0.15, -0.1) is 0 Å². The molecule has 3 amide bonds. The van der Waals surface area contributed by atoms with E-state index in [1.807, 2.05) is 36.4 Å². The van der Waals surface area contributed by atoms with Gasteiger partial charge in [0.05, 0.1) is 12.1 Å². The van der Waals surface area contributed by atoms with E-state index in [2.05, 4.69) is 11.1 Å². The van der Waals surface area contributed by atoms with Crippen LogP contribution < -0.4 is 4.90 Å². The van der Waals surface area contributed by atoms with Gasteiger partial charge in [-0.2, -0.15) is 0 Å². The molecule has 1 aromatic heterocycles. The van der Waals surface area contributed by atoms with Gasteiger partial charge in [-0.25, -0.2) is 9.88 Å². The number of hydrogen-bond acceptors (Lipinski definition) is 5. The van der Waals surface area contributed by atoms with Gasteiger partial charge in [0.15, 0.2) is 5.58 Å². The monoisotopic (exact) mass is 525 g/mol. The number of hydrogen-bond donors (Lipinski definition) is 0. The van der Waals surface area contributed by atoms with E-state index in [1.165, 1.54) is 23.3 Å². The number of fused-ring (bicyclic) bond motifs is 1. The minimum absolute atomic E-state index is 0.0310. The van der Waals surface area contributed by atoms with Gasteiger partial charge in [-0.05, 0) is 81.3 Å². The molecule has 1 aliphatic heterocycles. The van der Waals surface area contributed by atoms with Crippen molar-refractivity contribution in [2.75, 3.05) is 11.4 Å². The van der Waals surface area contributed by atoms with Crippen molar-refractivity contribution >= 4 is 34.5 Å². The summed E-state index contributed by atoms with van der Waals surface area (Å²) < 4.78 is 5.86. The third-order valence-electron chi connectivity index (χ3n) is 8.46. The zero-order valence-corrected chi connectivity index (χ0v) is 22.3. The van der Waals surface area contributed by atoms with Gasteiger partial charge >= 0.3 is 0 Å². The number of aromatic nitrogens is 1. The van der Waals surface area contributed by atoms with Gasteiger partial charge in [0, 0.05) is 18.0 Å². The number of para-hydroxylation sites is 2. The second kappa shape index (κ2) is 11.2. The number of benzene rings is 2. The van der Waals surface area contributed by atoms with Crippen molar-refractivity contribution in [2.24, 2.45) is 5.92 Å². The summed E-state index contributed by atoms with van der Waals surface area (Å²) in [5.41, 5.74) is 4.12. The van der Waals surface area contributed by atoms with Crippen molar-refractivity contribution in [3.8, 4) is 11.5 Å². The van der Waals surface area contributed by atoms with Gasteiger partial charge in [-0.1, -0.05) is 43.0 Å². The summed E-state index contributed by atoms with van der Waals surface area (Å²) in [5, 5.41) is 0. The molecule has 3 aromatic rings. The molecule has 202 valence electrons. The molecule has 0 radical (unpaired) electrons. The molecule has 0 N–H and O–H groups in total. The molecule has 7 nitrogen and oxygen atoms in total. The molecule has 3 aliphatic rings. The van der Waals surface area contributed by atoms with Crippen molar-refractivity contribution < 1.29 is 18.8 Å². The molecule has 2 heterocycles. The van der Waals surface area contributed by atoms with Crippen LogP contribution in [0, 0.1) is 5.92 Å². The van der Waals surface area contributed by atoms with Crippen molar-refractivity contribution in [3.05, 3.63) is 60.2 Å². The number of imide groups is 1. The molecule has 1 atom stereocenters. The van der Waals surface area contributed by atoms with E-state index in [1.54, 1.807) is 17.0 Å². The zero-order valence-electron chi connectivity index (χ0n) is 22.3. The number of rotatable bonds is 7. The summed E-state index contributed by atoms with van der Waals surface area (Å²) in [5.74, 6) is -0.0904. The van der Waals surface area contributed by atoms with E-state index >= 15 is 0 Å². The van der Waals surface area contributed by atoms with Crippen molar-refractivity contribution in [2.45, 2.75) is 76.7 Å². The second-order valence-corrected chi connectivity index (χ2v) is 11.0. The summed E-state index contributed by atoms with van der Waals surface area (Å²) in [6.07, 6.45) is 12.6. The number of carbonyl (C=O) groups excluding carboxylic acids is 3. The van der Waals surface area contributed by atoms with Crippen LogP contribution in [0.4, 0.5) is 5.69 Å². The zero-order chi connectivity index (χ0) is 26.8. The number of nitrogens with zero attached hydrogens (tertiary/aromatic N) is 3. The molecule has 6 rings (SSSR count). The maximum Gasteiger partial charge on any atom is 0.257 e. The van der Waals surface area contributed by atoms with Crippen molar-refractivity contribution in [1.29, 1.82) is 0 Å². The largest absolute Gasteiger partial charge is 0.436 e. The Morgan fingerprint density at radius 2 is 1.77 bits per heavy atom. The molecule has 2 aromatic carbocycles. The molecular formula is C32H35N3O4. The number of allylic oxidation sites excluding steroid dienone is 1. The lowest BCUT2D eigenvalue weighted by Crippen LogP contribution is -2.48. The molecule has 2 aliphatic carbocycles. The Morgan fingerprint density at radius 1 is 0.974 bits per heavy atom. The highest BCUT2D eigenvalue weighted by Crippen LogP contribution is 2.33. The fraction of sp³-hybridized carbons (Fsp3) is 0.438. The predicted octanol–water partition coefficient (Wildman–Crippen LogP) is 6.43. The van der Waals surface area contributed by atoms with Crippen LogP contribution in [0.25, 0.3) is 22.6 Å². The Morgan fingerprint density at radius 3 is 2.51 bits per heavy atom. The van der Waals surface area contributed by atoms with Crippen LogP contribution in [0.1, 0.15) is 70.6 Å². The SMILES string of the molecule is O=C1CC(N(CCC2=CCCCC2)C(=O)C2CCCCC2)C(=O)N1c1ccc(-c2nc3ccccc3o2)cc1. The minimum Gasteiger partial charge on any atom is -0.436 e. The average molecular weight is 526 g/mol. The van der Waals surface area contributed by atoms with Crippen LogP contribution in [0.2, 0.25) is 0 Å². The summed E-state index contributed by atoms with van der Waals surface area (Å²) in [6, 6.07) is 14.0. The van der Waals surface area contributed by atoms with E-state index < -0.39 is 6.04 Å². The molecule has 1 unspecified atom stereocenters. The lowest BCUT2D eigenvalue weighted by molar-refractivity contribution is -0.142.